The lowest BCUT2D eigenvalue weighted by Gasteiger charge is -2.27. The van der Waals surface area contributed by atoms with Crippen LogP contribution in [0.25, 0.3) is 21.5 Å². The number of benzene rings is 4. The first-order valence-electron chi connectivity index (χ1n) is 22.1. The van der Waals surface area contributed by atoms with Gasteiger partial charge in [0.05, 0.1) is 29.8 Å². The molecule has 0 spiro atoms. The zero-order valence-electron chi connectivity index (χ0n) is 36.7. The third kappa shape index (κ3) is 8.05. The van der Waals surface area contributed by atoms with Crippen molar-refractivity contribution in [1.82, 2.24) is 4.90 Å². The number of fused-ring (bicyclic) bond motifs is 6. The van der Waals surface area contributed by atoms with Gasteiger partial charge in [-0.05, 0) is 89.6 Å². The first-order chi connectivity index (χ1) is 29.2. The Labute approximate surface area is 362 Å². The van der Waals surface area contributed by atoms with Crippen LogP contribution in [0.1, 0.15) is 84.8 Å². The molecule has 0 N–H and O–H groups in total. The highest BCUT2D eigenvalue weighted by Crippen LogP contribution is 2.52. The normalized spacial score (nSPS) is 21.2. The van der Waals surface area contributed by atoms with Crippen LogP contribution >= 0.6 is 0 Å². The summed E-state index contributed by atoms with van der Waals surface area (Å²) in [6.45, 7) is 17.6. The fourth-order valence-electron chi connectivity index (χ4n) is 10.4. The van der Waals surface area contributed by atoms with Crippen LogP contribution in [0.3, 0.4) is 0 Å². The quantitative estimate of drug-likeness (QED) is 0.116. The summed E-state index contributed by atoms with van der Waals surface area (Å²) in [6, 6.07) is 26.0. The standard InChI is InChI=1S/C51H60N4O5S/c1-7-9-29-54-42-25-21-36-15-10-12-17-40(36)46(42)50(3,4)44(54)27-23-38-19-20-39(48(38)52-31-33-53(34-32-52)49(56)60-8-2)24-28-45-51(5,6)47-41-18-13-11-16-37(41)22-26-43(47)55(45)30-14-35-61(57,58)59/h10-13,15-18,21-28H,7-9,14,19-20,29-35H2,1-6H3. The first-order valence-corrected chi connectivity index (χ1v) is 23.7. The van der Waals surface area contributed by atoms with Gasteiger partial charge in [-0.25, -0.2) is 17.8 Å². The molecule has 10 heteroatoms. The van der Waals surface area contributed by atoms with Crippen molar-refractivity contribution in [2.24, 2.45) is 0 Å². The summed E-state index contributed by atoms with van der Waals surface area (Å²) < 4.78 is 43.1. The lowest BCUT2D eigenvalue weighted by Crippen LogP contribution is -2.47. The molecule has 1 amide bonds. The SMILES string of the molecule is CCCCN1C(=CC=C2CCC(=CC=C3N(CCCS(=O)(=O)[O-])c4ccc5ccccc5c4C3(C)C)C2=[N+]2CCN(C(=O)OCC)CC2)C(C)(C)c2c1ccc1ccccc21. The molecule has 4 aliphatic rings. The lowest BCUT2D eigenvalue weighted by molar-refractivity contribution is -0.537. The molecule has 1 aliphatic carbocycles. The second-order valence-electron chi connectivity index (χ2n) is 17.9. The van der Waals surface area contributed by atoms with E-state index in [-0.39, 0.29) is 17.9 Å². The first kappa shape index (κ1) is 42.5. The number of carbonyl (C=O) groups is 1. The van der Waals surface area contributed by atoms with Gasteiger partial charge in [-0.2, -0.15) is 0 Å². The van der Waals surface area contributed by atoms with Crippen LogP contribution in [-0.2, 0) is 25.7 Å². The van der Waals surface area contributed by atoms with Gasteiger partial charge in [0, 0.05) is 63.6 Å². The Balaban J connectivity index is 1.22. The minimum absolute atomic E-state index is 0.212. The van der Waals surface area contributed by atoms with E-state index in [0.717, 1.165) is 49.0 Å². The molecule has 0 radical (unpaired) electrons. The number of unbranched alkanes of at least 4 members (excludes halogenated alkanes) is 1. The molecule has 320 valence electrons. The second-order valence-corrected chi connectivity index (χ2v) is 19.4. The lowest BCUT2D eigenvalue weighted by atomic mass is 9.81. The summed E-state index contributed by atoms with van der Waals surface area (Å²) >= 11 is 0. The highest BCUT2D eigenvalue weighted by Gasteiger charge is 2.43. The Kier molecular flexibility index (Phi) is 11.8. The maximum absolute atomic E-state index is 12.8. The molecule has 0 atom stereocenters. The molecule has 4 aromatic rings. The number of amides is 1. The van der Waals surface area contributed by atoms with Crippen molar-refractivity contribution in [2.75, 3.05) is 61.4 Å². The predicted octanol–water partition coefficient (Wildman–Crippen LogP) is 9.96. The number of hydrogen-bond acceptors (Lipinski definition) is 7. The number of piperazine rings is 1. The maximum atomic E-state index is 12.8. The summed E-state index contributed by atoms with van der Waals surface area (Å²) in [7, 11) is -4.35. The van der Waals surface area contributed by atoms with Crippen LogP contribution in [0, 0.1) is 0 Å². The van der Waals surface area contributed by atoms with E-state index < -0.39 is 21.3 Å². The van der Waals surface area contributed by atoms with Crippen molar-refractivity contribution in [2.45, 2.75) is 84.5 Å². The number of anilines is 2. The van der Waals surface area contributed by atoms with Crippen molar-refractivity contribution in [3.63, 3.8) is 0 Å². The number of allylic oxidation sites excluding steroid dienone is 8. The molecule has 61 heavy (non-hydrogen) atoms. The smallest absolute Gasteiger partial charge is 0.410 e. The van der Waals surface area contributed by atoms with Crippen LogP contribution < -0.4 is 9.80 Å². The van der Waals surface area contributed by atoms with Gasteiger partial charge >= 0.3 is 6.09 Å². The number of hydrogen-bond donors (Lipinski definition) is 0. The molecule has 8 rings (SSSR count). The molecular formula is C51H60N4O5S. The second kappa shape index (κ2) is 16.9. The molecule has 0 unspecified atom stereocenters. The zero-order chi connectivity index (χ0) is 43.1. The summed E-state index contributed by atoms with van der Waals surface area (Å²) in [6.07, 6.45) is 13.2. The Bertz CT molecular complexity index is 2640. The van der Waals surface area contributed by atoms with E-state index in [0.29, 0.717) is 39.3 Å². The van der Waals surface area contributed by atoms with Gasteiger partial charge in [0.15, 0.2) is 13.1 Å². The van der Waals surface area contributed by atoms with E-state index in [2.05, 4.69) is 146 Å². The Hall–Kier alpha value is -5.19. The van der Waals surface area contributed by atoms with E-state index in [4.69, 9.17) is 4.74 Å². The third-order valence-electron chi connectivity index (χ3n) is 13.3. The van der Waals surface area contributed by atoms with Crippen LogP contribution in [0.15, 0.2) is 120 Å². The minimum Gasteiger partial charge on any atom is -0.748 e. The van der Waals surface area contributed by atoms with Crippen molar-refractivity contribution in [3.8, 4) is 0 Å². The minimum atomic E-state index is -4.35. The van der Waals surface area contributed by atoms with Crippen LogP contribution in [0.5, 0.6) is 0 Å². The van der Waals surface area contributed by atoms with E-state index in [1.54, 1.807) is 0 Å². The van der Waals surface area contributed by atoms with Gasteiger partial charge in [-0.1, -0.05) is 114 Å². The number of ether oxygens (including phenoxy) is 1. The zero-order valence-corrected chi connectivity index (χ0v) is 37.5. The average Bonchev–Trinajstić information content (AvgIpc) is 3.82. The van der Waals surface area contributed by atoms with E-state index in [9.17, 15) is 17.8 Å². The third-order valence-corrected chi connectivity index (χ3v) is 14.1. The molecular weight excluding hydrogens is 781 g/mol. The van der Waals surface area contributed by atoms with Gasteiger partial charge in [0.1, 0.15) is 0 Å². The molecule has 1 saturated heterocycles. The predicted molar refractivity (Wildman–Crippen MR) is 248 cm³/mol. The molecule has 0 bridgehead atoms. The summed E-state index contributed by atoms with van der Waals surface area (Å²) in [5.74, 6) is -0.408. The van der Waals surface area contributed by atoms with E-state index in [1.165, 1.54) is 55.5 Å². The number of nitrogens with zero attached hydrogens (tertiary/aromatic N) is 4. The van der Waals surface area contributed by atoms with Crippen molar-refractivity contribution < 1.29 is 27.1 Å². The van der Waals surface area contributed by atoms with Gasteiger partial charge in [-0.15, -0.1) is 0 Å². The molecule has 3 aliphatic heterocycles. The fraction of sp³-hybridized carbons (Fsp3) is 0.412. The molecule has 2 fully saturated rings. The van der Waals surface area contributed by atoms with E-state index >= 15 is 0 Å². The number of rotatable bonds is 10. The fourth-order valence-corrected chi connectivity index (χ4v) is 10.9. The van der Waals surface area contributed by atoms with Gasteiger partial charge in [0.2, 0.25) is 5.71 Å². The van der Waals surface area contributed by atoms with Crippen LogP contribution in [0.2, 0.25) is 0 Å². The molecule has 1 saturated carbocycles. The summed E-state index contributed by atoms with van der Waals surface area (Å²) in [5, 5.41) is 4.90. The van der Waals surface area contributed by atoms with Crippen LogP contribution in [0.4, 0.5) is 16.2 Å². The highest BCUT2D eigenvalue weighted by molar-refractivity contribution is 7.85. The van der Waals surface area contributed by atoms with Gasteiger partial charge < -0.3 is 19.1 Å². The Morgan fingerprint density at radius 1 is 0.721 bits per heavy atom. The van der Waals surface area contributed by atoms with Gasteiger partial charge in [0.25, 0.3) is 0 Å². The molecule has 4 aromatic carbocycles. The van der Waals surface area contributed by atoms with E-state index in [1.807, 2.05) is 11.8 Å². The Morgan fingerprint density at radius 3 is 1.69 bits per heavy atom. The van der Waals surface area contributed by atoms with Crippen molar-refractivity contribution in [1.29, 1.82) is 0 Å². The molecule has 9 nitrogen and oxygen atoms in total. The molecule has 0 aromatic heterocycles. The average molecular weight is 841 g/mol. The molecule has 3 heterocycles. The number of carbonyl (C=O) groups excluding carboxylic acids is 1. The Morgan fingerprint density at radius 2 is 1.21 bits per heavy atom. The summed E-state index contributed by atoms with van der Waals surface area (Å²) in [5.41, 5.74) is 10.5. The van der Waals surface area contributed by atoms with Crippen molar-refractivity contribution >= 4 is 54.8 Å². The monoisotopic (exact) mass is 840 g/mol. The largest absolute Gasteiger partial charge is 0.748 e. The highest BCUT2D eigenvalue weighted by atomic mass is 32.2. The summed E-state index contributed by atoms with van der Waals surface area (Å²) in [4.78, 5) is 19.4. The van der Waals surface area contributed by atoms with Gasteiger partial charge in [-0.3, -0.25) is 4.90 Å². The topological polar surface area (TPSA) is 96.2 Å². The van der Waals surface area contributed by atoms with Crippen LogP contribution in [-0.4, -0.2) is 85.9 Å². The maximum Gasteiger partial charge on any atom is 0.410 e. The van der Waals surface area contributed by atoms with Crippen molar-refractivity contribution in [3.05, 3.63) is 131 Å².